The van der Waals surface area contributed by atoms with Crippen LogP contribution in [0.3, 0.4) is 0 Å². The third-order valence-electron chi connectivity index (χ3n) is 3.78. The molecule has 0 aliphatic heterocycles. The molecule has 0 fully saturated rings. The number of nitrogens with one attached hydrogen (secondary N) is 2. The summed E-state index contributed by atoms with van der Waals surface area (Å²) in [5.74, 6) is 0.417. The van der Waals surface area contributed by atoms with Crippen LogP contribution in [0, 0.1) is 23.7 Å². The first-order chi connectivity index (χ1) is 12.5. The molecular formula is C17H15N5O2S2. The molecule has 3 rings (SSSR count). The van der Waals surface area contributed by atoms with Gasteiger partial charge in [0.05, 0.1) is 7.11 Å². The second-order valence-electron chi connectivity index (χ2n) is 5.27. The summed E-state index contributed by atoms with van der Waals surface area (Å²) in [6.07, 6.45) is 1.80. The molecule has 9 heteroatoms. The standard InChI is InChI=1S/C17H15N5O2S2/c1-9-13(15(23)20-10-4-6-11(24-2)7-5-10)26-17-21-16(25-3)12(8-18)14(19)22(9)17/h4-7,19H,1-3H3,(H,20,23). The fraction of sp³-hybridized carbons (Fsp3) is 0.176. The van der Waals surface area contributed by atoms with E-state index in [9.17, 15) is 10.1 Å². The van der Waals surface area contributed by atoms with Crippen LogP contribution in [0.4, 0.5) is 5.69 Å². The maximum Gasteiger partial charge on any atom is 0.267 e. The van der Waals surface area contributed by atoms with Gasteiger partial charge in [0.25, 0.3) is 5.91 Å². The Labute approximate surface area is 157 Å². The van der Waals surface area contributed by atoms with Crippen LogP contribution in [-0.4, -0.2) is 28.7 Å². The lowest BCUT2D eigenvalue weighted by Gasteiger charge is -2.06. The van der Waals surface area contributed by atoms with Gasteiger partial charge in [-0.25, -0.2) is 4.98 Å². The fourth-order valence-electron chi connectivity index (χ4n) is 2.47. The van der Waals surface area contributed by atoms with Crippen LogP contribution in [0.15, 0.2) is 29.3 Å². The summed E-state index contributed by atoms with van der Waals surface area (Å²) in [7, 11) is 1.58. The van der Waals surface area contributed by atoms with E-state index in [1.165, 1.54) is 27.5 Å². The number of hydrogen-bond donors (Lipinski definition) is 2. The molecule has 2 N–H and O–H groups in total. The van der Waals surface area contributed by atoms with Crippen LogP contribution in [0.2, 0.25) is 0 Å². The average molecular weight is 385 g/mol. The van der Waals surface area contributed by atoms with Crippen LogP contribution in [0.25, 0.3) is 4.96 Å². The second-order valence-corrected chi connectivity index (χ2v) is 7.05. The van der Waals surface area contributed by atoms with Gasteiger partial charge in [0.1, 0.15) is 27.3 Å². The quantitative estimate of drug-likeness (QED) is 0.531. The van der Waals surface area contributed by atoms with Crippen molar-refractivity contribution in [1.29, 1.82) is 10.7 Å². The molecular weight excluding hydrogens is 370 g/mol. The number of aromatic nitrogens is 2. The molecule has 0 aliphatic rings. The lowest BCUT2D eigenvalue weighted by Crippen LogP contribution is -2.20. The summed E-state index contributed by atoms with van der Waals surface area (Å²) < 4.78 is 6.64. The van der Waals surface area contributed by atoms with Crippen molar-refractivity contribution in [3.63, 3.8) is 0 Å². The third-order valence-corrected chi connectivity index (χ3v) is 5.60. The largest absolute Gasteiger partial charge is 0.497 e. The molecule has 7 nitrogen and oxygen atoms in total. The fourth-order valence-corrected chi connectivity index (χ4v) is 4.07. The number of rotatable bonds is 4. The molecule has 26 heavy (non-hydrogen) atoms. The molecule has 2 heterocycles. The van der Waals surface area contributed by atoms with Gasteiger partial charge in [0.2, 0.25) is 0 Å². The number of nitriles is 1. The van der Waals surface area contributed by atoms with Crippen molar-refractivity contribution in [2.45, 2.75) is 11.9 Å². The number of methoxy groups -OCH3 is 1. The summed E-state index contributed by atoms with van der Waals surface area (Å²) in [6.45, 7) is 1.74. The van der Waals surface area contributed by atoms with Crippen molar-refractivity contribution in [1.82, 2.24) is 9.38 Å². The Hall–Kier alpha value is -2.83. The van der Waals surface area contributed by atoms with Gasteiger partial charge < -0.3 is 10.1 Å². The molecule has 0 saturated carbocycles. The Kier molecular flexibility index (Phi) is 4.97. The number of carbonyl (C=O) groups is 1. The predicted molar refractivity (Wildman–Crippen MR) is 101 cm³/mol. The molecule has 0 unspecified atom stereocenters. The summed E-state index contributed by atoms with van der Waals surface area (Å²) in [5, 5.41) is 20.9. The zero-order valence-electron chi connectivity index (χ0n) is 14.3. The Balaban J connectivity index is 2.03. The number of fused-ring (bicyclic) bond motifs is 1. The first-order valence-corrected chi connectivity index (χ1v) is 9.54. The summed E-state index contributed by atoms with van der Waals surface area (Å²) in [4.78, 5) is 18.1. The Morgan fingerprint density at radius 2 is 2.12 bits per heavy atom. The first-order valence-electron chi connectivity index (χ1n) is 7.50. The monoisotopic (exact) mass is 385 g/mol. The highest BCUT2D eigenvalue weighted by atomic mass is 32.2. The van der Waals surface area contributed by atoms with Crippen LogP contribution in [0.1, 0.15) is 20.9 Å². The Morgan fingerprint density at radius 1 is 1.42 bits per heavy atom. The van der Waals surface area contributed by atoms with E-state index in [-0.39, 0.29) is 17.0 Å². The van der Waals surface area contributed by atoms with Crippen LogP contribution in [0.5, 0.6) is 5.75 Å². The molecule has 0 radical (unpaired) electrons. The number of nitrogens with zero attached hydrogens (tertiary/aromatic N) is 3. The lowest BCUT2D eigenvalue weighted by molar-refractivity contribution is 0.102. The van der Waals surface area contributed by atoms with Gasteiger partial charge in [0, 0.05) is 11.4 Å². The molecule has 3 aromatic rings. The number of carbonyl (C=O) groups excluding carboxylic acids is 1. The minimum absolute atomic E-state index is 0.0408. The minimum atomic E-state index is -0.285. The number of benzene rings is 1. The topological polar surface area (TPSA) is 103 Å². The number of thioether (sulfide) groups is 1. The maximum absolute atomic E-state index is 12.7. The second kappa shape index (κ2) is 7.19. The van der Waals surface area contributed by atoms with Crippen LogP contribution in [-0.2, 0) is 0 Å². The van der Waals surface area contributed by atoms with Crippen molar-refractivity contribution in [3.05, 3.63) is 45.9 Å². The van der Waals surface area contributed by atoms with Crippen molar-refractivity contribution in [3.8, 4) is 11.8 Å². The third kappa shape index (κ3) is 3.05. The van der Waals surface area contributed by atoms with Gasteiger partial charge in [-0.3, -0.25) is 14.6 Å². The van der Waals surface area contributed by atoms with Gasteiger partial charge in [-0.1, -0.05) is 11.3 Å². The SMILES string of the molecule is COc1ccc(NC(=O)c2sc3nc(SC)c(C#N)c(=N)n3c2C)cc1. The number of aryl methyl sites for hydroxylation is 1. The van der Waals surface area contributed by atoms with Gasteiger partial charge in [-0.15, -0.1) is 11.8 Å². The van der Waals surface area contributed by atoms with Crippen molar-refractivity contribution < 1.29 is 9.53 Å². The molecule has 132 valence electrons. The van der Waals surface area contributed by atoms with E-state index in [1.807, 2.05) is 6.07 Å². The molecule has 1 aromatic carbocycles. The summed E-state index contributed by atoms with van der Waals surface area (Å²) in [5.41, 5.74) is 1.47. The van der Waals surface area contributed by atoms with Crippen molar-refractivity contribution in [2.24, 2.45) is 0 Å². The zero-order valence-corrected chi connectivity index (χ0v) is 15.9. The van der Waals surface area contributed by atoms with E-state index in [0.717, 1.165) is 0 Å². The van der Waals surface area contributed by atoms with E-state index in [4.69, 9.17) is 10.1 Å². The van der Waals surface area contributed by atoms with Gasteiger partial charge >= 0.3 is 0 Å². The highest BCUT2D eigenvalue weighted by Gasteiger charge is 2.20. The molecule has 0 bridgehead atoms. The van der Waals surface area contributed by atoms with E-state index in [0.29, 0.717) is 32.0 Å². The number of anilines is 1. The first kappa shape index (κ1) is 18.0. The maximum atomic E-state index is 12.7. The van der Waals surface area contributed by atoms with Crippen LogP contribution < -0.4 is 15.5 Å². The average Bonchev–Trinajstić information content (AvgIpc) is 2.99. The highest BCUT2D eigenvalue weighted by molar-refractivity contribution is 7.98. The zero-order chi connectivity index (χ0) is 18.8. The van der Waals surface area contributed by atoms with Crippen molar-refractivity contribution >= 4 is 39.7 Å². The predicted octanol–water partition coefficient (Wildman–Crippen LogP) is 3.04. The smallest absolute Gasteiger partial charge is 0.267 e. The molecule has 0 spiro atoms. The highest BCUT2D eigenvalue weighted by Crippen LogP contribution is 2.25. The molecule has 0 aliphatic carbocycles. The lowest BCUT2D eigenvalue weighted by atomic mass is 10.3. The van der Waals surface area contributed by atoms with Gasteiger partial charge in [0.15, 0.2) is 10.4 Å². The molecule has 2 aromatic heterocycles. The number of thiazole rings is 1. The summed E-state index contributed by atoms with van der Waals surface area (Å²) >= 11 is 2.50. The van der Waals surface area contributed by atoms with Gasteiger partial charge in [-0.05, 0) is 37.4 Å². The summed E-state index contributed by atoms with van der Waals surface area (Å²) in [6, 6.07) is 9.04. The number of amides is 1. The molecule has 1 amide bonds. The minimum Gasteiger partial charge on any atom is -0.497 e. The molecule has 0 saturated heterocycles. The molecule has 0 atom stereocenters. The Bertz CT molecular complexity index is 1090. The number of ether oxygens (including phenoxy) is 1. The van der Waals surface area contributed by atoms with E-state index in [2.05, 4.69) is 10.3 Å². The normalized spacial score (nSPS) is 10.5. The van der Waals surface area contributed by atoms with Crippen LogP contribution >= 0.6 is 23.1 Å². The van der Waals surface area contributed by atoms with Gasteiger partial charge in [-0.2, -0.15) is 5.26 Å². The van der Waals surface area contributed by atoms with E-state index < -0.39 is 0 Å². The number of hydrogen-bond acceptors (Lipinski definition) is 7. The Morgan fingerprint density at radius 3 is 2.69 bits per heavy atom. The van der Waals surface area contributed by atoms with Crippen molar-refractivity contribution in [2.75, 3.05) is 18.7 Å². The van der Waals surface area contributed by atoms with E-state index in [1.54, 1.807) is 44.6 Å². The van der Waals surface area contributed by atoms with E-state index >= 15 is 0 Å².